The van der Waals surface area contributed by atoms with E-state index in [0.717, 1.165) is 24.2 Å². The van der Waals surface area contributed by atoms with Crippen LogP contribution in [0.25, 0.3) is 5.57 Å². The lowest BCUT2D eigenvalue weighted by Crippen LogP contribution is -2.32. The number of hydrogen-bond donors (Lipinski definition) is 1. The van der Waals surface area contributed by atoms with Crippen LogP contribution in [0, 0.1) is 5.41 Å². The molecule has 1 aromatic rings. The van der Waals surface area contributed by atoms with Crippen molar-refractivity contribution < 1.29 is 14.6 Å². The number of carbonyl (C=O) groups excluding carboxylic acids is 1. The third-order valence-corrected chi connectivity index (χ3v) is 4.77. The van der Waals surface area contributed by atoms with Gasteiger partial charge in [-0.25, -0.2) is 0 Å². The number of Topliss-reactive ketones (excluding diaryl/α,β-unsaturated/α-hetero) is 1. The van der Waals surface area contributed by atoms with Gasteiger partial charge < -0.3 is 9.84 Å². The van der Waals surface area contributed by atoms with Crippen molar-refractivity contribution in [2.75, 3.05) is 7.11 Å². The van der Waals surface area contributed by atoms with Crippen LogP contribution in [0.15, 0.2) is 30.3 Å². The molecule has 0 aliphatic heterocycles. The lowest BCUT2D eigenvalue weighted by Gasteiger charge is -2.25. The molecule has 0 amide bonds. The third-order valence-electron chi connectivity index (χ3n) is 4.77. The van der Waals surface area contributed by atoms with E-state index in [1.807, 2.05) is 19.1 Å². The highest BCUT2D eigenvalue weighted by molar-refractivity contribution is 5.87. The molecular formula is C19H26O3. The van der Waals surface area contributed by atoms with Gasteiger partial charge in [0.1, 0.15) is 11.5 Å². The molecule has 2 rings (SSSR count). The molecule has 0 aromatic heterocycles. The molecule has 0 saturated heterocycles. The van der Waals surface area contributed by atoms with Gasteiger partial charge in [-0.15, -0.1) is 0 Å². The van der Waals surface area contributed by atoms with Crippen molar-refractivity contribution in [3.63, 3.8) is 0 Å². The van der Waals surface area contributed by atoms with Gasteiger partial charge in [0, 0.05) is 6.42 Å². The molecule has 0 heterocycles. The fourth-order valence-corrected chi connectivity index (χ4v) is 3.08. The Morgan fingerprint density at radius 1 is 1.41 bits per heavy atom. The van der Waals surface area contributed by atoms with Crippen LogP contribution in [0.5, 0.6) is 5.75 Å². The molecule has 0 spiro atoms. The summed E-state index contributed by atoms with van der Waals surface area (Å²) in [4.78, 5) is 12.1. The van der Waals surface area contributed by atoms with Gasteiger partial charge >= 0.3 is 0 Å². The van der Waals surface area contributed by atoms with Gasteiger partial charge in [-0.1, -0.05) is 31.6 Å². The first kappa shape index (κ1) is 16.8. The lowest BCUT2D eigenvalue weighted by atomic mass is 9.81. The van der Waals surface area contributed by atoms with Gasteiger partial charge in [-0.2, -0.15) is 0 Å². The minimum atomic E-state index is -0.620. The maximum absolute atomic E-state index is 12.1. The second-order valence-corrected chi connectivity index (χ2v) is 6.31. The number of carbonyl (C=O) groups is 1. The maximum atomic E-state index is 12.1. The Balaban J connectivity index is 2.21. The van der Waals surface area contributed by atoms with E-state index >= 15 is 0 Å². The topological polar surface area (TPSA) is 46.5 Å². The summed E-state index contributed by atoms with van der Waals surface area (Å²) < 4.78 is 5.20. The van der Waals surface area contributed by atoms with Crippen molar-refractivity contribution in [2.45, 2.75) is 52.1 Å². The van der Waals surface area contributed by atoms with E-state index in [2.05, 4.69) is 25.1 Å². The highest BCUT2D eigenvalue weighted by Gasteiger charge is 2.44. The summed E-state index contributed by atoms with van der Waals surface area (Å²) in [6.07, 6.45) is 5.32. The monoisotopic (exact) mass is 302 g/mol. The minimum absolute atomic E-state index is 0.182. The molecule has 1 aliphatic carbocycles. The normalized spacial score (nSPS) is 25.5. The molecular weight excluding hydrogens is 276 g/mol. The van der Waals surface area contributed by atoms with E-state index in [-0.39, 0.29) is 5.78 Å². The van der Waals surface area contributed by atoms with Gasteiger partial charge in [0.25, 0.3) is 0 Å². The Bertz CT molecular complexity index is 544. The van der Waals surface area contributed by atoms with Gasteiger partial charge in [0.15, 0.2) is 0 Å². The predicted octanol–water partition coefficient (Wildman–Crippen LogP) is 4.00. The number of allylic oxidation sites excluding steroid dienone is 2. The Morgan fingerprint density at radius 2 is 2.09 bits per heavy atom. The first-order valence-electron chi connectivity index (χ1n) is 8.06. The van der Waals surface area contributed by atoms with Crippen molar-refractivity contribution in [1.82, 2.24) is 0 Å². The standard InChI is InChI=1S/C19H26O3/c1-4-5-14(15-6-8-16(22-3)9-7-15)12-13-19(2)17(20)10-11-18(19)21/h6-9,12,17,20H,4-5,10-11,13H2,1-3H3/b14-12-/t17-,19-/m0/s1. The number of hydrogen-bond acceptors (Lipinski definition) is 3. The molecule has 1 aliphatic rings. The zero-order valence-electron chi connectivity index (χ0n) is 13.8. The van der Waals surface area contributed by atoms with Gasteiger partial charge in [-0.3, -0.25) is 4.79 Å². The van der Waals surface area contributed by atoms with E-state index in [0.29, 0.717) is 19.3 Å². The molecule has 0 unspecified atom stereocenters. The Hall–Kier alpha value is -1.61. The quantitative estimate of drug-likeness (QED) is 0.864. The van der Waals surface area contributed by atoms with Gasteiger partial charge in [-0.05, 0) is 49.5 Å². The Kier molecular flexibility index (Phi) is 5.41. The maximum Gasteiger partial charge on any atom is 0.141 e. The summed E-state index contributed by atoms with van der Waals surface area (Å²) in [5.41, 5.74) is 1.77. The molecule has 22 heavy (non-hydrogen) atoms. The van der Waals surface area contributed by atoms with Crippen LogP contribution in [-0.4, -0.2) is 24.1 Å². The second-order valence-electron chi connectivity index (χ2n) is 6.31. The van der Waals surface area contributed by atoms with Crippen LogP contribution in [0.2, 0.25) is 0 Å². The van der Waals surface area contributed by atoms with Crippen molar-refractivity contribution in [2.24, 2.45) is 5.41 Å². The second kappa shape index (κ2) is 7.10. The van der Waals surface area contributed by atoms with E-state index in [9.17, 15) is 9.90 Å². The molecule has 0 radical (unpaired) electrons. The zero-order chi connectivity index (χ0) is 16.2. The minimum Gasteiger partial charge on any atom is -0.497 e. The van der Waals surface area contributed by atoms with Crippen molar-refractivity contribution in [3.05, 3.63) is 35.9 Å². The van der Waals surface area contributed by atoms with E-state index in [1.54, 1.807) is 7.11 Å². The van der Waals surface area contributed by atoms with Crippen LogP contribution < -0.4 is 4.74 Å². The van der Waals surface area contributed by atoms with Crippen LogP contribution in [0.1, 0.15) is 51.5 Å². The third kappa shape index (κ3) is 3.41. The smallest absolute Gasteiger partial charge is 0.141 e. The number of aliphatic hydroxyl groups is 1. The van der Waals surface area contributed by atoms with E-state index in [1.165, 1.54) is 5.57 Å². The van der Waals surface area contributed by atoms with Gasteiger partial charge in [0.2, 0.25) is 0 Å². The molecule has 3 heteroatoms. The van der Waals surface area contributed by atoms with Crippen molar-refractivity contribution in [1.29, 1.82) is 0 Å². The van der Waals surface area contributed by atoms with E-state index in [4.69, 9.17) is 4.74 Å². The molecule has 1 aromatic carbocycles. The van der Waals surface area contributed by atoms with E-state index < -0.39 is 11.5 Å². The van der Waals surface area contributed by atoms with Crippen molar-refractivity contribution >= 4 is 11.4 Å². The summed E-state index contributed by atoms with van der Waals surface area (Å²) in [5.74, 6) is 1.02. The number of ether oxygens (including phenoxy) is 1. The summed E-state index contributed by atoms with van der Waals surface area (Å²) >= 11 is 0. The molecule has 2 atom stereocenters. The lowest BCUT2D eigenvalue weighted by molar-refractivity contribution is -0.127. The summed E-state index contributed by atoms with van der Waals surface area (Å²) in [7, 11) is 1.66. The molecule has 120 valence electrons. The molecule has 3 nitrogen and oxygen atoms in total. The highest BCUT2D eigenvalue weighted by atomic mass is 16.5. The largest absolute Gasteiger partial charge is 0.497 e. The molecule has 1 fully saturated rings. The van der Waals surface area contributed by atoms with Crippen LogP contribution in [0.3, 0.4) is 0 Å². The van der Waals surface area contributed by atoms with Crippen LogP contribution in [0.4, 0.5) is 0 Å². The highest BCUT2D eigenvalue weighted by Crippen LogP contribution is 2.39. The Morgan fingerprint density at radius 3 is 2.59 bits per heavy atom. The predicted molar refractivity (Wildman–Crippen MR) is 88.9 cm³/mol. The fraction of sp³-hybridized carbons (Fsp3) is 0.526. The molecule has 0 bridgehead atoms. The summed E-state index contributed by atoms with van der Waals surface area (Å²) in [5, 5.41) is 10.1. The first-order valence-corrected chi connectivity index (χ1v) is 8.06. The number of ketones is 1. The van der Waals surface area contributed by atoms with Crippen LogP contribution in [-0.2, 0) is 4.79 Å². The Labute approximate surface area is 133 Å². The summed E-state index contributed by atoms with van der Waals surface area (Å²) in [6, 6.07) is 8.01. The summed E-state index contributed by atoms with van der Waals surface area (Å²) in [6.45, 7) is 4.04. The van der Waals surface area contributed by atoms with Crippen molar-refractivity contribution in [3.8, 4) is 5.75 Å². The number of benzene rings is 1. The van der Waals surface area contributed by atoms with Crippen LogP contribution >= 0.6 is 0 Å². The molecule has 1 N–H and O–H groups in total. The van der Waals surface area contributed by atoms with Gasteiger partial charge in [0.05, 0.1) is 18.6 Å². The number of rotatable bonds is 6. The zero-order valence-corrected chi connectivity index (χ0v) is 13.8. The number of aliphatic hydroxyl groups excluding tert-OH is 1. The fourth-order valence-electron chi connectivity index (χ4n) is 3.08. The first-order chi connectivity index (χ1) is 10.5. The average Bonchev–Trinajstić information content (AvgIpc) is 2.79. The SMILES string of the molecule is CCC/C(=C/C[C@]1(C)C(=O)CC[C@@H]1O)c1ccc(OC)cc1. The molecule has 1 saturated carbocycles. The number of methoxy groups -OCH3 is 1. The average molecular weight is 302 g/mol.